The quantitative estimate of drug-likeness (QED) is 0.629. The Labute approximate surface area is 131 Å². The number of rotatable bonds is 10. The van der Waals surface area contributed by atoms with E-state index in [-0.39, 0.29) is 5.91 Å². The number of hydrogen-bond donors (Lipinski definition) is 1. The molecule has 0 radical (unpaired) electrons. The minimum atomic E-state index is 0.216. The predicted octanol–water partition coefficient (Wildman–Crippen LogP) is 2.49. The first-order valence-corrected chi connectivity index (χ1v) is 8.79. The Morgan fingerprint density at radius 3 is 2.33 bits per heavy atom. The average molecular weight is 297 g/mol. The molecule has 4 nitrogen and oxygen atoms in total. The highest BCUT2D eigenvalue weighted by molar-refractivity contribution is 5.77. The molecule has 124 valence electrons. The first-order valence-electron chi connectivity index (χ1n) is 8.79. The van der Waals surface area contributed by atoms with E-state index in [1.807, 2.05) is 14.1 Å². The summed E-state index contributed by atoms with van der Waals surface area (Å²) in [5.41, 5.74) is 0. The van der Waals surface area contributed by atoms with Crippen LogP contribution in [0.25, 0.3) is 0 Å². The van der Waals surface area contributed by atoms with Crippen LogP contribution in [0.4, 0.5) is 0 Å². The third kappa shape index (κ3) is 8.42. The van der Waals surface area contributed by atoms with E-state index in [9.17, 15) is 4.79 Å². The maximum atomic E-state index is 11.7. The molecule has 0 saturated carbocycles. The fourth-order valence-corrected chi connectivity index (χ4v) is 2.84. The summed E-state index contributed by atoms with van der Waals surface area (Å²) in [6, 6.07) is 0.659. The third-order valence-corrected chi connectivity index (χ3v) is 4.41. The van der Waals surface area contributed by atoms with E-state index >= 15 is 0 Å². The maximum absolute atomic E-state index is 11.7. The van der Waals surface area contributed by atoms with Crippen molar-refractivity contribution in [2.24, 2.45) is 0 Å². The maximum Gasteiger partial charge on any atom is 0.236 e. The van der Waals surface area contributed by atoms with Crippen molar-refractivity contribution in [3.05, 3.63) is 0 Å². The number of carbonyl (C=O) groups excluding carboxylic acids is 1. The van der Waals surface area contributed by atoms with E-state index in [0.29, 0.717) is 12.6 Å². The lowest BCUT2D eigenvalue weighted by Crippen LogP contribution is -2.46. The van der Waals surface area contributed by atoms with Gasteiger partial charge in [0.2, 0.25) is 5.91 Å². The Balaban J connectivity index is 1.99. The summed E-state index contributed by atoms with van der Waals surface area (Å²) >= 11 is 0. The van der Waals surface area contributed by atoms with Crippen LogP contribution in [0.3, 0.4) is 0 Å². The predicted molar refractivity (Wildman–Crippen MR) is 89.5 cm³/mol. The lowest BCUT2D eigenvalue weighted by Gasteiger charge is -2.32. The fourth-order valence-electron chi connectivity index (χ4n) is 2.84. The van der Waals surface area contributed by atoms with E-state index in [0.717, 1.165) is 19.6 Å². The van der Waals surface area contributed by atoms with Gasteiger partial charge in [-0.25, -0.2) is 0 Å². The van der Waals surface area contributed by atoms with Gasteiger partial charge in [-0.15, -0.1) is 0 Å². The molecule has 0 unspecified atom stereocenters. The van der Waals surface area contributed by atoms with Gasteiger partial charge in [0.1, 0.15) is 0 Å². The van der Waals surface area contributed by atoms with Crippen LogP contribution >= 0.6 is 0 Å². The summed E-state index contributed by atoms with van der Waals surface area (Å²) in [5, 5.41) is 3.69. The minimum Gasteiger partial charge on any atom is -0.348 e. The van der Waals surface area contributed by atoms with E-state index in [1.54, 1.807) is 4.90 Å². The molecule has 1 heterocycles. The van der Waals surface area contributed by atoms with Crippen LogP contribution in [0.5, 0.6) is 0 Å². The minimum absolute atomic E-state index is 0.216. The van der Waals surface area contributed by atoms with Crippen molar-refractivity contribution in [2.45, 2.75) is 64.3 Å². The van der Waals surface area contributed by atoms with Gasteiger partial charge in [0.25, 0.3) is 0 Å². The number of likely N-dealkylation sites (tertiary alicyclic amines) is 1. The van der Waals surface area contributed by atoms with Gasteiger partial charge in [-0.3, -0.25) is 9.69 Å². The number of likely N-dealkylation sites (N-methyl/N-ethyl adjacent to an activating group) is 1. The molecule has 1 rings (SSSR count). The number of unbranched alkanes of at least 4 members (excludes halogenated alkanes) is 5. The molecule has 0 aromatic carbocycles. The molecule has 1 saturated heterocycles. The molecule has 1 aliphatic rings. The molecule has 0 spiro atoms. The monoisotopic (exact) mass is 297 g/mol. The third-order valence-electron chi connectivity index (χ3n) is 4.41. The number of piperidine rings is 1. The van der Waals surface area contributed by atoms with Crippen LogP contribution in [0.15, 0.2) is 0 Å². The second kappa shape index (κ2) is 11.0. The molecule has 21 heavy (non-hydrogen) atoms. The van der Waals surface area contributed by atoms with Crippen LogP contribution in [0.1, 0.15) is 58.3 Å². The van der Waals surface area contributed by atoms with E-state index in [1.165, 1.54) is 51.4 Å². The molecule has 1 N–H and O–H groups in total. The molecule has 0 aliphatic carbocycles. The zero-order valence-electron chi connectivity index (χ0n) is 14.4. The average Bonchev–Trinajstić information content (AvgIpc) is 2.48. The van der Waals surface area contributed by atoms with E-state index in [2.05, 4.69) is 17.1 Å². The molecule has 0 aromatic rings. The molecule has 0 bridgehead atoms. The summed E-state index contributed by atoms with van der Waals surface area (Å²) in [4.78, 5) is 15.6. The van der Waals surface area contributed by atoms with Crippen molar-refractivity contribution < 1.29 is 4.79 Å². The summed E-state index contributed by atoms with van der Waals surface area (Å²) in [7, 11) is 3.66. The van der Waals surface area contributed by atoms with Crippen molar-refractivity contribution >= 4 is 5.91 Å². The van der Waals surface area contributed by atoms with Crippen LogP contribution in [-0.2, 0) is 4.79 Å². The molecule has 1 aliphatic heterocycles. The Hall–Kier alpha value is -0.610. The van der Waals surface area contributed by atoms with E-state index < -0.39 is 0 Å². The van der Waals surface area contributed by atoms with Gasteiger partial charge >= 0.3 is 0 Å². The molecular weight excluding hydrogens is 262 g/mol. The highest BCUT2D eigenvalue weighted by atomic mass is 16.2. The van der Waals surface area contributed by atoms with Crippen molar-refractivity contribution in [1.82, 2.24) is 15.1 Å². The molecule has 0 aromatic heterocycles. The number of amides is 1. The normalized spacial score (nSPS) is 17.1. The number of hydrogen-bond acceptors (Lipinski definition) is 3. The zero-order chi connectivity index (χ0) is 15.5. The number of nitrogens with one attached hydrogen (secondary N) is 1. The topological polar surface area (TPSA) is 35.6 Å². The van der Waals surface area contributed by atoms with Crippen molar-refractivity contribution in [3.8, 4) is 0 Å². The highest BCUT2D eigenvalue weighted by Crippen LogP contribution is 2.11. The molecule has 4 heteroatoms. The van der Waals surface area contributed by atoms with Crippen LogP contribution in [-0.4, -0.2) is 62.0 Å². The number of nitrogens with zero attached hydrogens (tertiary/aromatic N) is 2. The second-order valence-electron chi connectivity index (χ2n) is 6.56. The summed E-state index contributed by atoms with van der Waals surface area (Å²) < 4.78 is 0. The van der Waals surface area contributed by atoms with Gasteiger partial charge in [-0.2, -0.15) is 0 Å². The molecular formula is C17H35N3O. The first kappa shape index (κ1) is 18.4. The van der Waals surface area contributed by atoms with Crippen LogP contribution in [0.2, 0.25) is 0 Å². The Morgan fingerprint density at radius 2 is 1.71 bits per heavy atom. The lowest BCUT2D eigenvalue weighted by atomic mass is 10.0. The highest BCUT2D eigenvalue weighted by Gasteiger charge is 2.20. The van der Waals surface area contributed by atoms with Crippen molar-refractivity contribution in [2.75, 3.05) is 40.3 Å². The lowest BCUT2D eigenvalue weighted by molar-refractivity contribution is -0.130. The Bertz CT molecular complexity index is 273. The second-order valence-corrected chi connectivity index (χ2v) is 6.56. The zero-order valence-corrected chi connectivity index (χ0v) is 14.4. The van der Waals surface area contributed by atoms with Crippen LogP contribution in [0, 0.1) is 0 Å². The molecule has 1 amide bonds. The summed E-state index contributed by atoms with van der Waals surface area (Å²) in [6.45, 7) is 6.10. The molecule has 1 fully saturated rings. The van der Waals surface area contributed by atoms with Gasteiger partial charge < -0.3 is 10.2 Å². The van der Waals surface area contributed by atoms with Gasteiger partial charge in [-0.05, 0) is 25.8 Å². The Kier molecular flexibility index (Phi) is 9.68. The smallest absolute Gasteiger partial charge is 0.236 e. The SMILES string of the molecule is CCCCCCCCNC1CCN(CC(=O)N(C)C)CC1. The largest absolute Gasteiger partial charge is 0.348 e. The fraction of sp³-hybridized carbons (Fsp3) is 0.941. The van der Waals surface area contributed by atoms with Gasteiger partial charge in [0.05, 0.1) is 6.54 Å². The van der Waals surface area contributed by atoms with Crippen LogP contribution < -0.4 is 5.32 Å². The van der Waals surface area contributed by atoms with Crippen molar-refractivity contribution in [1.29, 1.82) is 0 Å². The number of carbonyl (C=O) groups is 1. The van der Waals surface area contributed by atoms with Gasteiger partial charge in [0.15, 0.2) is 0 Å². The first-order chi connectivity index (χ1) is 10.1. The van der Waals surface area contributed by atoms with Gasteiger partial charge in [-0.1, -0.05) is 39.0 Å². The van der Waals surface area contributed by atoms with Crippen molar-refractivity contribution in [3.63, 3.8) is 0 Å². The Morgan fingerprint density at radius 1 is 1.10 bits per heavy atom. The summed E-state index contributed by atoms with van der Waals surface area (Å²) in [6.07, 6.45) is 10.5. The van der Waals surface area contributed by atoms with Gasteiger partial charge in [0, 0.05) is 33.2 Å². The van der Waals surface area contributed by atoms with E-state index in [4.69, 9.17) is 0 Å². The molecule has 0 atom stereocenters. The standard InChI is InChI=1S/C17H35N3O/c1-4-5-6-7-8-9-12-18-16-10-13-20(14-11-16)15-17(21)19(2)3/h16,18H,4-15H2,1-3H3. The summed E-state index contributed by atoms with van der Waals surface area (Å²) in [5.74, 6) is 0.216.